The van der Waals surface area contributed by atoms with Gasteiger partial charge in [0, 0.05) is 30.9 Å². The van der Waals surface area contributed by atoms with Crippen molar-refractivity contribution in [3.8, 4) is 0 Å². The molecule has 2 nitrogen and oxygen atoms in total. The zero-order chi connectivity index (χ0) is 12.4. The maximum Gasteiger partial charge on any atom is 0.0401 e. The van der Waals surface area contributed by atoms with Gasteiger partial charge in [-0.3, -0.25) is 0 Å². The molecule has 1 aliphatic heterocycles. The lowest BCUT2D eigenvalue weighted by molar-refractivity contribution is 0.397. The fraction of sp³-hybridized carbons (Fsp3) is 0.600. The van der Waals surface area contributed by atoms with E-state index in [-0.39, 0.29) is 0 Å². The third-order valence-corrected chi connectivity index (χ3v) is 4.03. The van der Waals surface area contributed by atoms with Crippen LogP contribution in [0.3, 0.4) is 0 Å². The normalized spacial score (nSPS) is 25.1. The van der Waals surface area contributed by atoms with Gasteiger partial charge >= 0.3 is 0 Å². The summed E-state index contributed by atoms with van der Waals surface area (Å²) < 4.78 is 0. The summed E-state index contributed by atoms with van der Waals surface area (Å²) in [4.78, 5) is 2.56. The minimum atomic E-state index is 0.582. The van der Waals surface area contributed by atoms with E-state index in [9.17, 15) is 0 Å². The summed E-state index contributed by atoms with van der Waals surface area (Å²) >= 11 is 0. The average molecular weight is 232 g/mol. The smallest absolute Gasteiger partial charge is 0.0401 e. The molecule has 1 aliphatic rings. The van der Waals surface area contributed by atoms with Crippen LogP contribution in [0.5, 0.6) is 0 Å². The van der Waals surface area contributed by atoms with Crippen LogP contribution in [0.2, 0.25) is 0 Å². The standard InChI is InChI=1S/C15H24N2/c1-5-14-10-17(12(3)9-16-14)15-8-6-7-11(2)13(15)4/h6-8,12,14,16H,5,9-10H2,1-4H3. The lowest BCUT2D eigenvalue weighted by Gasteiger charge is -2.41. The summed E-state index contributed by atoms with van der Waals surface area (Å²) in [6.45, 7) is 11.2. The Hall–Kier alpha value is -1.02. The Morgan fingerprint density at radius 1 is 1.35 bits per heavy atom. The summed E-state index contributed by atoms with van der Waals surface area (Å²) in [5.41, 5.74) is 4.23. The Bertz CT molecular complexity index is 387. The fourth-order valence-corrected chi connectivity index (χ4v) is 2.59. The van der Waals surface area contributed by atoms with Crippen LogP contribution in [0, 0.1) is 13.8 Å². The van der Waals surface area contributed by atoms with Gasteiger partial charge < -0.3 is 10.2 Å². The van der Waals surface area contributed by atoms with E-state index in [0.717, 1.165) is 13.1 Å². The van der Waals surface area contributed by atoms with Crippen LogP contribution in [0.25, 0.3) is 0 Å². The number of nitrogens with zero attached hydrogens (tertiary/aromatic N) is 1. The monoisotopic (exact) mass is 232 g/mol. The molecule has 0 bridgehead atoms. The van der Waals surface area contributed by atoms with Gasteiger partial charge in [-0.2, -0.15) is 0 Å². The highest BCUT2D eigenvalue weighted by Crippen LogP contribution is 2.26. The van der Waals surface area contributed by atoms with Gasteiger partial charge in [-0.25, -0.2) is 0 Å². The highest BCUT2D eigenvalue weighted by molar-refractivity contribution is 5.57. The van der Waals surface area contributed by atoms with Crippen LogP contribution in [-0.2, 0) is 0 Å². The molecule has 17 heavy (non-hydrogen) atoms. The van der Waals surface area contributed by atoms with Gasteiger partial charge in [0.25, 0.3) is 0 Å². The molecule has 2 rings (SSSR count). The Balaban J connectivity index is 2.27. The van der Waals surface area contributed by atoms with Crippen molar-refractivity contribution in [3.63, 3.8) is 0 Å². The first-order valence-corrected chi connectivity index (χ1v) is 6.69. The van der Waals surface area contributed by atoms with Crippen LogP contribution in [0.15, 0.2) is 18.2 Å². The van der Waals surface area contributed by atoms with Crippen molar-refractivity contribution < 1.29 is 0 Å². The van der Waals surface area contributed by atoms with Gasteiger partial charge in [-0.15, -0.1) is 0 Å². The number of rotatable bonds is 2. The van der Waals surface area contributed by atoms with Gasteiger partial charge in [-0.05, 0) is 44.4 Å². The van der Waals surface area contributed by atoms with E-state index in [1.54, 1.807) is 0 Å². The summed E-state index contributed by atoms with van der Waals surface area (Å²) in [5, 5.41) is 3.61. The molecule has 1 aromatic rings. The lowest BCUT2D eigenvalue weighted by atomic mass is 10.0. The number of nitrogens with one attached hydrogen (secondary N) is 1. The first kappa shape index (κ1) is 12.4. The van der Waals surface area contributed by atoms with Crippen molar-refractivity contribution in [1.29, 1.82) is 0 Å². The molecule has 2 unspecified atom stereocenters. The van der Waals surface area contributed by atoms with Gasteiger partial charge in [0.05, 0.1) is 0 Å². The van der Waals surface area contributed by atoms with Crippen LogP contribution in [0.4, 0.5) is 5.69 Å². The van der Waals surface area contributed by atoms with Crippen molar-refractivity contribution in [1.82, 2.24) is 5.32 Å². The van der Waals surface area contributed by atoms with Crippen LogP contribution >= 0.6 is 0 Å². The zero-order valence-corrected chi connectivity index (χ0v) is 11.5. The van der Waals surface area contributed by atoms with Gasteiger partial charge in [0.1, 0.15) is 0 Å². The molecule has 2 atom stereocenters. The van der Waals surface area contributed by atoms with Crippen LogP contribution in [-0.4, -0.2) is 25.2 Å². The van der Waals surface area contributed by atoms with E-state index >= 15 is 0 Å². The molecule has 1 fully saturated rings. The van der Waals surface area contributed by atoms with E-state index in [4.69, 9.17) is 0 Å². The fourth-order valence-electron chi connectivity index (χ4n) is 2.59. The van der Waals surface area contributed by atoms with E-state index in [1.165, 1.54) is 23.2 Å². The molecule has 1 N–H and O–H groups in total. The van der Waals surface area contributed by atoms with E-state index in [1.807, 2.05) is 0 Å². The predicted octanol–water partition coefficient (Wildman–Crippen LogP) is 2.88. The molecule has 0 aliphatic carbocycles. The molecule has 1 heterocycles. The third kappa shape index (κ3) is 2.47. The highest BCUT2D eigenvalue weighted by Gasteiger charge is 2.24. The van der Waals surface area contributed by atoms with Crippen molar-refractivity contribution in [2.45, 2.75) is 46.2 Å². The maximum atomic E-state index is 3.61. The average Bonchev–Trinajstić information content (AvgIpc) is 2.34. The summed E-state index contributed by atoms with van der Waals surface area (Å²) in [6, 6.07) is 7.84. The Morgan fingerprint density at radius 3 is 2.82 bits per heavy atom. The van der Waals surface area contributed by atoms with E-state index in [2.05, 4.69) is 56.1 Å². The number of hydrogen-bond donors (Lipinski definition) is 1. The van der Waals surface area contributed by atoms with Crippen LogP contribution < -0.4 is 10.2 Å². The number of hydrogen-bond acceptors (Lipinski definition) is 2. The summed E-state index contributed by atoms with van der Waals surface area (Å²) in [5.74, 6) is 0. The molecule has 0 radical (unpaired) electrons. The van der Waals surface area contributed by atoms with Gasteiger partial charge in [0.15, 0.2) is 0 Å². The molecule has 0 amide bonds. The van der Waals surface area contributed by atoms with Crippen molar-refractivity contribution >= 4 is 5.69 Å². The van der Waals surface area contributed by atoms with Gasteiger partial charge in [-0.1, -0.05) is 19.1 Å². The van der Waals surface area contributed by atoms with Crippen molar-refractivity contribution in [2.24, 2.45) is 0 Å². The molecule has 94 valence electrons. The molecular formula is C15H24N2. The largest absolute Gasteiger partial charge is 0.366 e. The highest BCUT2D eigenvalue weighted by atomic mass is 15.2. The van der Waals surface area contributed by atoms with Crippen LogP contribution in [0.1, 0.15) is 31.4 Å². The maximum absolute atomic E-state index is 3.61. The van der Waals surface area contributed by atoms with Gasteiger partial charge in [0.2, 0.25) is 0 Å². The minimum Gasteiger partial charge on any atom is -0.366 e. The zero-order valence-electron chi connectivity index (χ0n) is 11.5. The number of piperazine rings is 1. The molecule has 1 saturated heterocycles. The summed E-state index contributed by atoms with van der Waals surface area (Å²) in [7, 11) is 0. The molecular weight excluding hydrogens is 208 g/mol. The first-order valence-electron chi connectivity index (χ1n) is 6.69. The first-order chi connectivity index (χ1) is 8.13. The molecule has 1 aromatic carbocycles. The third-order valence-electron chi connectivity index (χ3n) is 4.03. The topological polar surface area (TPSA) is 15.3 Å². The minimum absolute atomic E-state index is 0.582. The number of benzene rings is 1. The van der Waals surface area contributed by atoms with E-state index in [0.29, 0.717) is 12.1 Å². The summed E-state index contributed by atoms with van der Waals surface area (Å²) in [6.07, 6.45) is 1.20. The molecule has 0 aromatic heterocycles. The molecule has 0 saturated carbocycles. The number of aryl methyl sites for hydroxylation is 1. The quantitative estimate of drug-likeness (QED) is 0.843. The van der Waals surface area contributed by atoms with Crippen molar-refractivity contribution in [3.05, 3.63) is 29.3 Å². The predicted molar refractivity (Wildman–Crippen MR) is 74.8 cm³/mol. The SMILES string of the molecule is CCC1CN(c2cccc(C)c2C)C(C)CN1. The lowest BCUT2D eigenvalue weighted by Crippen LogP contribution is -2.55. The second-order valence-electron chi connectivity index (χ2n) is 5.23. The second-order valence-corrected chi connectivity index (χ2v) is 5.23. The molecule has 0 spiro atoms. The van der Waals surface area contributed by atoms with Crippen molar-refractivity contribution in [2.75, 3.05) is 18.0 Å². The second kappa shape index (κ2) is 5.09. The number of anilines is 1. The Labute approximate surface area is 105 Å². The Kier molecular flexibility index (Phi) is 3.72. The molecule has 2 heteroatoms. The van der Waals surface area contributed by atoms with E-state index < -0.39 is 0 Å². The Morgan fingerprint density at radius 2 is 2.12 bits per heavy atom.